The fourth-order valence-electron chi connectivity index (χ4n) is 4.08. The molecule has 2 aliphatic rings. The lowest BCUT2D eigenvalue weighted by Crippen LogP contribution is -2.32. The van der Waals surface area contributed by atoms with Crippen molar-refractivity contribution in [1.82, 2.24) is 9.78 Å². The number of ether oxygens (including phenoxy) is 4. The molecule has 1 aliphatic heterocycles. The van der Waals surface area contributed by atoms with Crippen LogP contribution in [-0.2, 0) is 9.53 Å². The molecule has 4 rings (SSSR count). The number of fused-ring (bicyclic) bond motifs is 1. The molecule has 158 valence electrons. The third-order valence-electron chi connectivity index (χ3n) is 5.45. The van der Waals surface area contributed by atoms with E-state index in [9.17, 15) is 9.59 Å². The number of Topliss-reactive ketones (excluding diaryl/α,β-unsaturated/α-hetero) is 1. The van der Waals surface area contributed by atoms with Crippen LogP contribution in [0.15, 0.2) is 29.6 Å². The zero-order valence-electron chi connectivity index (χ0n) is 17.3. The average Bonchev–Trinajstić information content (AvgIpc) is 3.19. The van der Waals surface area contributed by atoms with Crippen molar-refractivity contribution in [2.24, 2.45) is 0 Å². The van der Waals surface area contributed by atoms with Crippen LogP contribution in [0.4, 0.5) is 5.82 Å². The molecule has 0 radical (unpaired) electrons. The fourth-order valence-corrected chi connectivity index (χ4v) is 4.08. The second kappa shape index (κ2) is 7.74. The van der Waals surface area contributed by atoms with Gasteiger partial charge in [-0.3, -0.25) is 4.79 Å². The maximum absolute atomic E-state index is 12.9. The van der Waals surface area contributed by atoms with E-state index in [1.54, 1.807) is 16.8 Å². The number of nitrogens with zero attached hydrogens (tertiary/aromatic N) is 2. The van der Waals surface area contributed by atoms with E-state index in [4.69, 9.17) is 18.9 Å². The molecule has 0 amide bonds. The number of hydrogen-bond donors (Lipinski definition) is 1. The summed E-state index contributed by atoms with van der Waals surface area (Å²) in [5, 5.41) is 7.66. The van der Waals surface area contributed by atoms with Crippen molar-refractivity contribution in [3.63, 3.8) is 0 Å². The van der Waals surface area contributed by atoms with Crippen LogP contribution in [-0.4, -0.2) is 50.0 Å². The Bertz CT molecular complexity index is 1030. The summed E-state index contributed by atoms with van der Waals surface area (Å²) < 4.78 is 22.9. The van der Waals surface area contributed by atoms with Crippen LogP contribution in [0.1, 0.15) is 41.2 Å². The van der Waals surface area contributed by atoms with Gasteiger partial charge in [0.15, 0.2) is 17.3 Å². The molecule has 1 aromatic heterocycles. The smallest absolute Gasteiger partial charge is 0.343 e. The number of nitrogens with one attached hydrogen (secondary N) is 1. The van der Waals surface area contributed by atoms with Crippen molar-refractivity contribution in [3.8, 4) is 17.2 Å². The minimum absolute atomic E-state index is 0.0447. The first-order valence-electron chi connectivity index (χ1n) is 9.53. The van der Waals surface area contributed by atoms with Crippen LogP contribution in [0.3, 0.4) is 0 Å². The number of allylic oxidation sites excluding steroid dienone is 2. The highest BCUT2D eigenvalue weighted by Crippen LogP contribution is 2.46. The van der Waals surface area contributed by atoms with E-state index in [0.717, 1.165) is 17.7 Å². The molecular formula is C21H23N3O6. The molecule has 0 saturated heterocycles. The van der Waals surface area contributed by atoms with Crippen molar-refractivity contribution < 1.29 is 28.5 Å². The summed E-state index contributed by atoms with van der Waals surface area (Å²) in [6.45, 7) is 0. The zero-order chi connectivity index (χ0) is 21.4. The highest BCUT2D eigenvalue weighted by Gasteiger charge is 2.38. The monoisotopic (exact) mass is 413 g/mol. The van der Waals surface area contributed by atoms with Gasteiger partial charge in [-0.25, -0.2) is 9.48 Å². The van der Waals surface area contributed by atoms with Gasteiger partial charge in [-0.15, -0.1) is 0 Å². The molecule has 0 saturated carbocycles. The Morgan fingerprint density at radius 1 is 1.10 bits per heavy atom. The lowest BCUT2D eigenvalue weighted by atomic mass is 9.85. The number of methoxy groups -OCH3 is 4. The van der Waals surface area contributed by atoms with E-state index in [2.05, 4.69) is 10.4 Å². The van der Waals surface area contributed by atoms with Gasteiger partial charge in [-0.1, -0.05) is 0 Å². The molecule has 2 aromatic rings. The number of benzene rings is 1. The fraction of sp³-hybridized carbons (Fsp3) is 0.381. The molecular weight excluding hydrogens is 390 g/mol. The topological polar surface area (TPSA) is 101 Å². The predicted octanol–water partition coefficient (Wildman–Crippen LogP) is 2.72. The van der Waals surface area contributed by atoms with Crippen molar-refractivity contribution >= 4 is 17.6 Å². The van der Waals surface area contributed by atoms with Crippen molar-refractivity contribution in [1.29, 1.82) is 0 Å². The van der Waals surface area contributed by atoms with Crippen molar-refractivity contribution in [3.05, 3.63) is 40.7 Å². The lowest BCUT2D eigenvalue weighted by Gasteiger charge is -2.33. The van der Waals surface area contributed by atoms with Gasteiger partial charge in [-0.05, 0) is 30.5 Å². The Hall–Kier alpha value is -3.49. The molecule has 0 spiro atoms. The predicted molar refractivity (Wildman–Crippen MR) is 107 cm³/mol. The Balaban J connectivity index is 1.96. The van der Waals surface area contributed by atoms with Crippen LogP contribution in [0.25, 0.3) is 0 Å². The second-order valence-electron chi connectivity index (χ2n) is 7.00. The first-order chi connectivity index (χ1) is 14.5. The third kappa shape index (κ3) is 2.97. The number of ketones is 1. The highest BCUT2D eigenvalue weighted by molar-refractivity contribution is 6.01. The first kappa shape index (κ1) is 19.8. The van der Waals surface area contributed by atoms with Crippen LogP contribution in [0.5, 0.6) is 17.2 Å². The maximum Gasteiger partial charge on any atom is 0.343 e. The van der Waals surface area contributed by atoms with Crippen LogP contribution in [0, 0.1) is 0 Å². The van der Waals surface area contributed by atoms with Crippen molar-refractivity contribution in [2.45, 2.75) is 25.3 Å². The summed E-state index contributed by atoms with van der Waals surface area (Å²) in [6.07, 6.45) is 3.35. The number of carbonyl (C=O) groups is 2. The zero-order valence-corrected chi connectivity index (χ0v) is 17.3. The van der Waals surface area contributed by atoms with Gasteiger partial charge in [-0.2, -0.15) is 5.10 Å². The Morgan fingerprint density at radius 3 is 2.40 bits per heavy atom. The second-order valence-corrected chi connectivity index (χ2v) is 7.00. The minimum atomic E-state index is -0.545. The molecule has 2 heterocycles. The molecule has 9 nitrogen and oxygen atoms in total. The van der Waals surface area contributed by atoms with Gasteiger partial charge < -0.3 is 24.3 Å². The van der Waals surface area contributed by atoms with Gasteiger partial charge in [0.25, 0.3) is 0 Å². The van der Waals surface area contributed by atoms with Gasteiger partial charge in [0.05, 0.1) is 34.6 Å². The van der Waals surface area contributed by atoms with Gasteiger partial charge in [0.2, 0.25) is 5.75 Å². The number of carbonyl (C=O) groups excluding carboxylic acids is 2. The van der Waals surface area contributed by atoms with E-state index >= 15 is 0 Å². The minimum Gasteiger partial charge on any atom is -0.493 e. The number of hydrogen-bond acceptors (Lipinski definition) is 8. The number of anilines is 1. The molecule has 9 heteroatoms. The normalized spacial score (nSPS) is 17.6. The quantitative estimate of drug-likeness (QED) is 0.747. The van der Waals surface area contributed by atoms with Gasteiger partial charge in [0.1, 0.15) is 17.4 Å². The largest absolute Gasteiger partial charge is 0.493 e. The Morgan fingerprint density at radius 2 is 1.80 bits per heavy atom. The van der Waals surface area contributed by atoms with E-state index in [1.165, 1.54) is 34.6 Å². The summed E-state index contributed by atoms with van der Waals surface area (Å²) in [4.78, 5) is 25.2. The first-order valence-corrected chi connectivity index (χ1v) is 9.53. The highest BCUT2D eigenvalue weighted by atomic mass is 16.5. The van der Waals surface area contributed by atoms with Crippen LogP contribution in [0.2, 0.25) is 0 Å². The van der Waals surface area contributed by atoms with Crippen LogP contribution >= 0.6 is 0 Å². The van der Waals surface area contributed by atoms with Gasteiger partial charge in [0, 0.05) is 17.7 Å². The SMILES string of the molecule is COC(=O)c1cnn2c1NC1=C(C(=O)CCC1)C2c1cc(OC)c(OC)c(OC)c1. The molecule has 1 unspecified atom stereocenters. The lowest BCUT2D eigenvalue weighted by molar-refractivity contribution is -0.116. The molecule has 30 heavy (non-hydrogen) atoms. The number of esters is 1. The summed E-state index contributed by atoms with van der Waals surface area (Å²) in [5.41, 5.74) is 2.46. The Labute approximate surface area is 173 Å². The summed E-state index contributed by atoms with van der Waals surface area (Å²) in [7, 11) is 5.92. The van der Waals surface area contributed by atoms with Crippen molar-refractivity contribution in [2.75, 3.05) is 33.8 Å². The molecule has 1 aliphatic carbocycles. The maximum atomic E-state index is 12.9. The molecule has 1 atom stereocenters. The molecule has 1 aromatic carbocycles. The molecule has 1 N–H and O–H groups in total. The third-order valence-corrected chi connectivity index (χ3v) is 5.45. The van der Waals surface area contributed by atoms with Crippen LogP contribution < -0.4 is 19.5 Å². The van der Waals surface area contributed by atoms with E-state index in [1.807, 2.05) is 0 Å². The summed E-state index contributed by atoms with van der Waals surface area (Å²) >= 11 is 0. The van der Waals surface area contributed by atoms with E-state index in [-0.39, 0.29) is 5.78 Å². The molecule has 0 bridgehead atoms. The average molecular weight is 413 g/mol. The molecule has 0 fully saturated rings. The van der Waals surface area contributed by atoms with Gasteiger partial charge >= 0.3 is 5.97 Å². The van der Waals surface area contributed by atoms with E-state index < -0.39 is 12.0 Å². The number of rotatable bonds is 5. The summed E-state index contributed by atoms with van der Waals surface area (Å²) in [5.74, 6) is 1.43. The standard InChI is InChI=1S/C21H23N3O6/c1-27-15-8-11(9-16(28-2)19(15)29-3)18-17-13(6-5-7-14(17)25)23-20-12(21(26)30-4)10-22-24(18)20/h8-10,18,23H,5-7H2,1-4H3. The Kier molecular flexibility index (Phi) is 5.11. The van der Waals surface area contributed by atoms with E-state index in [0.29, 0.717) is 47.0 Å². The number of aromatic nitrogens is 2. The summed E-state index contributed by atoms with van der Waals surface area (Å²) in [6, 6.07) is 3.05.